The van der Waals surface area contributed by atoms with Crippen LogP contribution < -0.4 is 5.32 Å². The monoisotopic (exact) mass is 222 g/mol. The van der Waals surface area contributed by atoms with Crippen LogP contribution in [0.1, 0.15) is 11.1 Å². The lowest BCUT2D eigenvalue weighted by atomic mass is 10.1. The molecule has 1 aromatic carbocycles. The molecule has 0 bridgehead atoms. The molecule has 0 aromatic heterocycles. The first-order chi connectivity index (χ1) is 8.12. The Morgan fingerprint density at radius 3 is 2.12 bits per heavy atom. The highest BCUT2D eigenvalue weighted by Gasteiger charge is 2.06. The Bertz CT molecular complexity index is 575. The van der Waals surface area contributed by atoms with Gasteiger partial charge in [-0.25, -0.2) is 0 Å². The van der Waals surface area contributed by atoms with Crippen molar-refractivity contribution in [3.63, 3.8) is 0 Å². The molecule has 0 saturated carbocycles. The van der Waals surface area contributed by atoms with Gasteiger partial charge in [0.05, 0.1) is 0 Å². The summed E-state index contributed by atoms with van der Waals surface area (Å²) >= 11 is 0. The van der Waals surface area contributed by atoms with E-state index >= 15 is 0 Å². The molecule has 1 N–H and O–H groups in total. The summed E-state index contributed by atoms with van der Waals surface area (Å²) in [5.41, 5.74) is 2.65. The largest absolute Gasteiger partial charge is 0.345 e. The topological polar surface area (TPSA) is 83.4 Å². The Kier molecular flexibility index (Phi) is 3.87. The molecule has 82 valence electrons. The molecule has 17 heavy (non-hydrogen) atoms. The van der Waals surface area contributed by atoms with Crippen molar-refractivity contribution in [3.05, 3.63) is 40.6 Å². The number of rotatable bonds is 2. The van der Waals surface area contributed by atoms with E-state index < -0.39 is 0 Å². The first kappa shape index (κ1) is 12.3. The van der Waals surface area contributed by atoms with Crippen molar-refractivity contribution in [1.82, 2.24) is 0 Å². The van der Waals surface area contributed by atoms with E-state index in [0.717, 1.165) is 11.1 Å². The van der Waals surface area contributed by atoms with E-state index in [1.807, 2.05) is 32.0 Å². The standard InChI is InChI=1S/C13H10N4/c1-9-3-4-12(5-10(9)2)17-13(8-16)11(6-14)7-15/h3-5,17H,1-2H3. The van der Waals surface area contributed by atoms with Crippen molar-refractivity contribution in [1.29, 1.82) is 15.8 Å². The van der Waals surface area contributed by atoms with Crippen LogP contribution in [0.4, 0.5) is 5.69 Å². The maximum Gasteiger partial charge on any atom is 0.163 e. The van der Waals surface area contributed by atoms with Crippen LogP contribution in [0.15, 0.2) is 29.5 Å². The van der Waals surface area contributed by atoms with Gasteiger partial charge in [0.1, 0.15) is 23.9 Å². The lowest BCUT2D eigenvalue weighted by Gasteiger charge is -2.07. The number of allylic oxidation sites excluding steroid dienone is 2. The van der Waals surface area contributed by atoms with E-state index in [1.54, 1.807) is 18.2 Å². The van der Waals surface area contributed by atoms with E-state index in [9.17, 15) is 0 Å². The van der Waals surface area contributed by atoms with Crippen molar-refractivity contribution >= 4 is 5.69 Å². The number of aryl methyl sites for hydroxylation is 2. The lowest BCUT2D eigenvalue weighted by molar-refractivity contribution is 1.32. The van der Waals surface area contributed by atoms with Gasteiger partial charge in [0.15, 0.2) is 5.57 Å². The molecule has 0 spiro atoms. The molecular formula is C13H10N4. The van der Waals surface area contributed by atoms with Crippen LogP contribution in [0.3, 0.4) is 0 Å². The molecule has 1 aromatic rings. The molecule has 0 aliphatic rings. The molecule has 1 rings (SSSR count). The van der Waals surface area contributed by atoms with Gasteiger partial charge in [-0.15, -0.1) is 0 Å². The van der Waals surface area contributed by atoms with Crippen LogP contribution in [-0.2, 0) is 0 Å². The van der Waals surface area contributed by atoms with Gasteiger partial charge in [-0.1, -0.05) is 6.07 Å². The quantitative estimate of drug-likeness (QED) is 0.779. The molecular weight excluding hydrogens is 212 g/mol. The van der Waals surface area contributed by atoms with Gasteiger partial charge in [-0.3, -0.25) is 0 Å². The summed E-state index contributed by atoms with van der Waals surface area (Å²) in [5, 5.41) is 29.0. The summed E-state index contributed by atoms with van der Waals surface area (Å²) in [5.74, 6) is 0. The van der Waals surface area contributed by atoms with E-state index in [0.29, 0.717) is 5.69 Å². The fraction of sp³-hybridized carbons (Fsp3) is 0.154. The second-order valence-corrected chi connectivity index (χ2v) is 3.51. The molecule has 0 atom stereocenters. The summed E-state index contributed by atoms with van der Waals surface area (Å²) in [7, 11) is 0. The number of nitrogens with one attached hydrogen (secondary N) is 1. The first-order valence-electron chi connectivity index (χ1n) is 4.91. The average Bonchev–Trinajstić information content (AvgIpc) is 2.33. The van der Waals surface area contributed by atoms with Gasteiger partial charge in [-0.2, -0.15) is 15.8 Å². The SMILES string of the molecule is Cc1ccc(NC(C#N)=C(C#N)C#N)cc1C. The van der Waals surface area contributed by atoms with Gasteiger partial charge in [-0.05, 0) is 37.1 Å². The molecule has 0 fully saturated rings. The molecule has 0 radical (unpaired) electrons. The highest BCUT2D eigenvalue weighted by molar-refractivity contribution is 5.59. The molecule has 0 heterocycles. The van der Waals surface area contributed by atoms with E-state index in [-0.39, 0.29) is 11.3 Å². The summed E-state index contributed by atoms with van der Waals surface area (Å²) in [6.07, 6.45) is 0. The van der Waals surface area contributed by atoms with E-state index in [4.69, 9.17) is 15.8 Å². The number of nitrogens with zero attached hydrogens (tertiary/aromatic N) is 3. The van der Waals surface area contributed by atoms with Gasteiger partial charge in [0.2, 0.25) is 0 Å². The minimum atomic E-state index is -0.217. The van der Waals surface area contributed by atoms with Crippen LogP contribution in [0.25, 0.3) is 0 Å². The third-order valence-corrected chi connectivity index (χ3v) is 2.36. The predicted molar refractivity (Wildman–Crippen MR) is 63.4 cm³/mol. The third-order valence-electron chi connectivity index (χ3n) is 2.36. The number of hydrogen-bond acceptors (Lipinski definition) is 4. The molecule has 4 nitrogen and oxygen atoms in total. The Labute approximate surface area is 100 Å². The van der Waals surface area contributed by atoms with Crippen molar-refractivity contribution in [2.24, 2.45) is 0 Å². The van der Waals surface area contributed by atoms with Crippen LogP contribution in [0.5, 0.6) is 0 Å². The molecule has 0 saturated heterocycles. The number of benzene rings is 1. The maximum atomic E-state index is 8.87. The van der Waals surface area contributed by atoms with Crippen molar-refractivity contribution < 1.29 is 0 Å². The third kappa shape index (κ3) is 2.84. The van der Waals surface area contributed by atoms with Gasteiger partial charge >= 0.3 is 0 Å². The van der Waals surface area contributed by atoms with Crippen molar-refractivity contribution in [2.45, 2.75) is 13.8 Å². The van der Waals surface area contributed by atoms with Gasteiger partial charge in [0, 0.05) is 5.69 Å². The number of hydrogen-bond donors (Lipinski definition) is 1. The Balaban J connectivity index is 3.11. The fourth-order valence-corrected chi connectivity index (χ4v) is 1.25. The lowest BCUT2D eigenvalue weighted by Crippen LogP contribution is -2.01. The van der Waals surface area contributed by atoms with Crippen LogP contribution in [0, 0.1) is 47.8 Å². The van der Waals surface area contributed by atoms with Crippen LogP contribution in [0.2, 0.25) is 0 Å². The second kappa shape index (κ2) is 5.35. The minimum Gasteiger partial charge on any atom is -0.345 e. The van der Waals surface area contributed by atoms with Crippen molar-refractivity contribution in [2.75, 3.05) is 5.32 Å². The zero-order chi connectivity index (χ0) is 12.8. The maximum absolute atomic E-state index is 8.87. The fourth-order valence-electron chi connectivity index (χ4n) is 1.25. The Morgan fingerprint density at radius 2 is 1.65 bits per heavy atom. The average molecular weight is 222 g/mol. The summed E-state index contributed by atoms with van der Waals surface area (Å²) < 4.78 is 0. The van der Waals surface area contributed by atoms with Crippen LogP contribution >= 0.6 is 0 Å². The number of nitriles is 3. The van der Waals surface area contributed by atoms with Crippen LogP contribution in [-0.4, -0.2) is 0 Å². The molecule has 4 heteroatoms. The smallest absolute Gasteiger partial charge is 0.163 e. The number of anilines is 1. The normalized spacial score (nSPS) is 8.41. The first-order valence-corrected chi connectivity index (χ1v) is 4.91. The van der Waals surface area contributed by atoms with Gasteiger partial charge < -0.3 is 5.32 Å². The Hall–Kier alpha value is -2.77. The summed E-state index contributed by atoms with van der Waals surface area (Å²) in [4.78, 5) is 0. The zero-order valence-electron chi connectivity index (χ0n) is 9.57. The molecule has 0 aliphatic carbocycles. The molecule has 0 amide bonds. The summed E-state index contributed by atoms with van der Waals surface area (Å²) in [6.45, 7) is 3.93. The Morgan fingerprint density at radius 1 is 1.00 bits per heavy atom. The molecule has 0 unspecified atom stereocenters. The highest BCUT2D eigenvalue weighted by atomic mass is 14.9. The molecule has 0 aliphatic heterocycles. The van der Waals surface area contributed by atoms with E-state index in [2.05, 4.69) is 5.32 Å². The van der Waals surface area contributed by atoms with E-state index in [1.165, 1.54) is 0 Å². The predicted octanol–water partition coefficient (Wildman–Crippen LogP) is 2.54. The second-order valence-electron chi connectivity index (χ2n) is 3.51. The summed E-state index contributed by atoms with van der Waals surface area (Å²) in [6, 6.07) is 10.7. The zero-order valence-corrected chi connectivity index (χ0v) is 9.57. The van der Waals surface area contributed by atoms with Crippen molar-refractivity contribution in [3.8, 4) is 18.2 Å². The highest BCUT2D eigenvalue weighted by Crippen LogP contribution is 2.16. The van der Waals surface area contributed by atoms with Gasteiger partial charge in [0.25, 0.3) is 0 Å². The minimum absolute atomic E-state index is 0.0294.